The molecule has 8 heteroatoms. The average Bonchev–Trinajstić information content (AvgIpc) is 3.45. The molecule has 1 saturated carbocycles. The number of hydrogen-bond donors (Lipinski definition) is 1. The summed E-state index contributed by atoms with van der Waals surface area (Å²) in [5, 5.41) is 3.04. The lowest BCUT2D eigenvalue weighted by Gasteiger charge is -2.39. The van der Waals surface area contributed by atoms with Crippen LogP contribution in [0, 0.1) is 5.92 Å². The van der Waals surface area contributed by atoms with Gasteiger partial charge in [0.1, 0.15) is 6.04 Å². The fourth-order valence-corrected chi connectivity index (χ4v) is 5.72. The second-order valence-electron chi connectivity index (χ2n) is 7.82. The summed E-state index contributed by atoms with van der Waals surface area (Å²) in [6.45, 7) is 3.37. The van der Waals surface area contributed by atoms with Gasteiger partial charge in [-0.2, -0.15) is 4.31 Å². The Hall–Kier alpha value is -1.15. The summed E-state index contributed by atoms with van der Waals surface area (Å²) in [5.41, 5.74) is 0. The summed E-state index contributed by atoms with van der Waals surface area (Å²) >= 11 is 0. The molecule has 7 nitrogen and oxygen atoms in total. The minimum Gasteiger partial charge on any atom is -0.353 e. The van der Waals surface area contributed by atoms with E-state index in [1.54, 1.807) is 4.90 Å². The molecule has 0 aromatic rings. The molecule has 3 aliphatic rings. The van der Waals surface area contributed by atoms with Crippen LogP contribution in [0.1, 0.15) is 58.3 Å². The van der Waals surface area contributed by atoms with Crippen molar-refractivity contribution in [3.05, 3.63) is 0 Å². The summed E-state index contributed by atoms with van der Waals surface area (Å²) in [7, 11) is -3.38. The van der Waals surface area contributed by atoms with Crippen molar-refractivity contribution >= 4 is 21.8 Å². The van der Waals surface area contributed by atoms with Gasteiger partial charge in [-0.3, -0.25) is 9.59 Å². The molecule has 0 radical (unpaired) electrons. The molecule has 26 heavy (non-hydrogen) atoms. The van der Waals surface area contributed by atoms with E-state index in [2.05, 4.69) is 5.32 Å². The van der Waals surface area contributed by atoms with Crippen molar-refractivity contribution in [2.45, 2.75) is 70.4 Å². The molecule has 2 heterocycles. The van der Waals surface area contributed by atoms with Crippen LogP contribution in [-0.4, -0.2) is 66.9 Å². The standard InChI is InChI=1S/C18H31N3O4S/c1-2-13-26(24,25)21-10-4-3-5-16(21)18(23)20-11-8-14(9-12-20)17(22)19-15-6-7-15/h14-16H,2-13H2,1H3,(H,19,22). The number of carbonyl (C=O) groups excluding carboxylic acids is 2. The molecule has 0 bridgehead atoms. The molecule has 1 N–H and O–H groups in total. The zero-order chi connectivity index (χ0) is 18.7. The third kappa shape index (κ3) is 4.57. The van der Waals surface area contributed by atoms with Crippen molar-refractivity contribution in [1.82, 2.24) is 14.5 Å². The highest BCUT2D eigenvalue weighted by Crippen LogP contribution is 2.26. The second-order valence-corrected chi connectivity index (χ2v) is 9.86. The van der Waals surface area contributed by atoms with Gasteiger partial charge in [0.2, 0.25) is 21.8 Å². The van der Waals surface area contributed by atoms with Crippen LogP contribution in [0.25, 0.3) is 0 Å². The van der Waals surface area contributed by atoms with Crippen molar-refractivity contribution in [1.29, 1.82) is 0 Å². The van der Waals surface area contributed by atoms with Gasteiger partial charge < -0.3 is 10.2 Å². The van der Waals surface area contributed by atoms with Crippen molar-refractivity contribution in [2.24, 2.45) is 5.92 Å². The van der Waals surface area contributed by atoms with Gasteiger partial charge in [-0.1, -0.05) is 13.3 Å². The molecular formula is C18H31N3O4S. The number of hydrogen-bond acceptors (Lipinski definition) is 4. The Morgan fingerprint density at radius 1 is 1.00 bits per heavy atom. The zero-order valence-corrected chi connectivity index (χ0v) is 16.5. The van der Waals surface area contributed by atoms with Crippen LogP contribution >= 0.6 is 0 Å². The number of sulfonamides is 1. The molecule has 0 aromatic carbocycles. The van der Waals surface area contributed by atoms with E-state index in [1.165, 1.54) is 4.31 Å². The number of amides is 2. The number of likely N-dealkylation sites (tertiary alicyclic amines) is 1. The first-order chi connectivity index (χ1) is 12.4. The van der Waals surface area contributed by atoms with Gasteiger partial charge in [0, 0.05) is 31.6 Å². The molecule has 148 valence electrons. The molecule has 2 amide bonds. The zero-order valence-electron chi connectivity index (χ0n) is 15.7. The first-order valence-electron chi connectivity index (χ1n) is 10.0. The van der Waals surface area contributed by atoms with Crippen molar-refractivity contribution < 1.29 is 18.0 Å². The number of rotatable bonds is 6. The molecule has 1 aliphatic carbocycles. The lowest BCUT2D eigenvalue weighted by molar-refractivity contribution is -0.139. The summed E-state index contributed by atoms with van der Waals surface area (Å²) < 4.78 is 26.5. The van der Waals surface area contributed by atoms with E-state index in [1.807, 2.05) is 6.92 Å². The van der Waals surface area contributed by atoms with Gasteiger partial charge in [-0.15, -0.1) is 0 Å². The third-order valence-electron chi connectivity index (χ3n) is 5.66. The molecule has 2 aliphatic heterocycles. The van der Waals surface area contributed by atoms with E-state index in [0.29, 0.717) is 51.4 Å². The average molecular weight is 386 g/mol. The number of piperidine rings is 2. The number of nitrogens with zero attached hydrogens (tertiary/aromatic N) is 2. The maximum Gasteiger partial charge on any atom is 0.241 e. The maximum atomic E-state index is 13.0. The first kappa shape index (κ1) is 19.6. The van der Waals surface area contributed by atoms with Crippen molar-refractivity contribution in [3.8, 4) is 0 Å². The third-order valence-corrected chi connectivity index (χ3v) is 7.74. The van der Waals surface area contributed by atoms with E-state index in [-0.39, 0.29) is 23.5 Å². The number of carbonyl (C=O) groups is 2. The van der Waals surface area contributed by atoms with Gasteiger partial charge >= 0.3 is 0 Å². The van der Waals surface area contributed by atoms with Crippen LogP contribution in [0.4, 0.5) is 0 Å². The monoisotopic (exact) mass is 385 g/mol. The van der Waals surface area contributed by atoms with Crippen LogP contribution in [-0.2, 0) is 19.6 Å². The van der Waals surface area contributed by atoms with Crippen molar-refractivity contribution in [2.75, 3.05) is 25.4 Å². The SMILES string of the molecule is CCCS(=O)(=O)N1CCCCC1C(=O)N1CCC(C(=O)NC2CC2)CC1. The predicted molar refractivity (Wildman–Crippen MR) is 98.9 cm³/mol. The van der Waals surface area contributed by atoms with Crippen molar-refractivity contribution in [3.63, 3.8) is 0 Å². The molecule has 3 rings (SSSR count). The Labute approximate surface area is 156 Å². The Morgan fingerprint density at radius 3 is 2.31 bits per heavy atom. The van der Waals surface area contributed by atoms with Gasteiger partial charge in [0.15, 0.2) is 0 Å². The molecular weight excluding hydrogens is 354 g/mol. The normalized spacial score (nSPS) is 25.9. The van der Waals surface area contributed by atoms with E-state index in [0.717, 1.165) is 25.7 Å². The van der Waals surface area contributed by atoms with Crippen LogP contribution in [0.5, 0.6) is 0 Å². The van der Waals surface area contributed by atoms with Crippen LogP contribution < -0.4 is 5.32 Å². The van der Waals surface area contributed by atoms with Crippen LogP contribution in [0.2, 0.25) is 0 Å². The molecule has 0 spiro atoms. The summed E-state index contributed by atoms with van der Waals surface area (Å²) in [4.78, 5) is 26.9. The Bertz CT molecular complexity index is 624. The van der Waals surface area contributed by atoms with Gasteiger partial charge in [0.05, 0.1) is 5.75 Å². The summed E-state index contributed by atoms with van der Waals surface area (Å²) in [5.74, 6) is 0.112. The molecule has 3 fully saturated rings. The second kappa shape index (κ2) is 8.25. The lowest BCUT2D eigenvalue weighted by Crippen LogP contribution is -2.55. The Kier molecular flexibility index (Phi) is 6.22. The minimum atomic E-state index is -3.38. The topological polar surface area (TPSA) is 86.8 Å². The quantitative estimate of drug-likeness (QED) is 0.742. The largest absolute Gasteiger partial charge is 0.353 e. The summed E-state index contributed by atoms with van der Waals surface area (Å²) in [6, 6.07) is -0.195. The number of nitrogens with one attached hydrogen (secondary N) is 1. The van der Waals surface area contributed by atoms with Gasteiger partial charge in [-0.25, -0.2) is 8.42 Å². The van der Waals surface area contributed by atoms with Gasteiger partial charge in [-0.05, 0) is 44.9 Å². The minimum absolute atomic E-state index is 0.0223. The molecule has 2 saturated heterocycles. The Balaban J connectivity index is 1.58. The van der Waals surface area contributed by atoms with E-state index >= 15 is 0 Å². The predicted octanol–water partition coefficient (Wildman–Crippen LogP) is 1.10. The highest BCUT2D eigenvalue weighted by Gasteiger charge is 2.39. The molecule has 1 unspecified atom stereocenters. The maximum absolute atomic E-state index is 13.0. The fraction of sp³-hybridized carbons (Fsp3) is 0.889. The van der Waals surface area contributed by atoms with Crippen LogP contribution in [0.15, 0.2) is 0 Å². The van der Waals surface area contributed by atoms with E-state index in [9.17, 15) is 18.0 Å². The van der Waals surface area contributed by atoms with Gasteiger partial charge in [0.25, 0.3) is 0 Å². The lowest BCUT2D eigenvalue weighted by atomic mass is 9.94. The first-order valence-corrected chi connectivity index (χ1v) is 11.6. The molecule has 0 aromatic heterocycles. The summed E-state index contributed by atoms with van der Waals surface area (Å²) in [6.07, 6.45) is 6.34. The molecule has 1 atom stereocenters. The Morgan fingerprint density at radius 2 is 1.69 bits per heavy atom. The van der Waals surface area contributed by atoms with E-state index < -0.39 is 16.1 Å². The fourth-order valence-electron chi connectivity index (χ4n) is 3.98. The van der Waals surface area contributed by atoms with Crippen LogP contribution in [0.3, 0.4) is 0 Å². The smallest absolute Gasteiger partial charge is 0.241 e. The van der Waals surface area contributed by atoms with E-state index in [4.69, 9.17) is 0 Å². The highest BCUT2D eigenvalue weighted by atomic mass is 32.2. The highest BCUT2D eigenvalue weighted by molar-refractivity contribution is 7.89.